The highest BCUT2D eigenvalue weighted by atomic mass is 19.1. The molecule has 0 spiro atoms. The average Bonchev–Trinajstić information content (AvgIpc) is 2.60. The lowest BCUT2D eigenvalue weighted by Gasteiger charge is -2.33. The van der Waals surface area contributed by atoms with Gasteiger partial charge in [0.05, 0.1) is 0 Å². The molecule has 4 nitrogen and oxygen atoms in total. The molecule has 0 atom stereocenters. The van der Waals surface area contributed by atoms with Crippen LogP contribution >= 0.6 is 0 Å². The van der Waals surface area contributed by atoms with E-state index in [1.807, 2.05) is 37.3 Å². The van der Waals surface area contributed by atoms with Crippen molar-refractivity contribution in [3.8, 4) is 0 Å². The second-order valence-corrected chi connectivity index (χ2v) is 6.78. The number of hydrazine groups is 1. The summed E-state index contributed by atoms with van der Waals surface area (Å²) < 4.78 is 13.3. The van der Waals surface area contributed by atoms with Gasteiger partial charge >= 0.3 is 0 Å². The normalized spacial score (nSPS) is 16.3. The van der Waals surface area contributed by atoms with Gasteiger partial charge in [-0.05, 0) is 49.0 Å². The molecular formula is C21H29FN4. The number of rotatable bonds is 7. The average molecular weight is 356 g/mol. The van der Waals surface area contributed by atoms with E-state index in [4.69, 9.17) is 0 Å². The number of hydrogen-bond donors (Lipinski definition) is 1. The lowest BCUT2D eigenvalue weighted by atomic mass is 9.90. The maximum Gasteiger partial charge on any atom is 0.142 e. The topological polar surface area (TPSA) is 30.9 Å². The first-order chi connectivity index (χ1) is 12.5. The minimum Gasteiger partial charge on any atom is -0.357 e. The van der Waals surface area contributed by atoms with Gasteiger partial charge in [0.15, 0.2) is 0 Å². The highest BCUT2D eigenvalue weighted by Gasteiger charge is 2.20. The van der Waals surface area contributed by atoms with Gasteiger partial charge < -0.3 is 10.3 Å². The number of nitrogens with one attached hydrogen (secondary N) is 1. The van der Waals surface area contributed by atoms with E-state index in [0.717, 1.165) is 49.6 Å². The summed E-state index contributed by atoms with van der Waals surface area (Å²) in [6, 6.07) is 6.92. The Labute approximate surface area is 156 Å². The molecule has 0 bridgehead atoms. The maximum atomic E-state index is 13.3. The molecule has 1 N–H and O–H groups in total. The minimum absolute atomic E-state index is 0.156. The van der Waals surface area contributed by atoms with E-state index >= 15 is 0 Å². The van der Waals surface area contributed by atoms with Crippen LogP contribution in [0.25, 0.3) is 0 Å². The van der Waals surface area contributed by atoms with Crippen molar-refractivity contribution in [3.05, 3.63) is 72.9 Å². The molecule has 0 radical (unpaired) electrons. The van der Waals surface area contributed by atoms with Crippen molar-refractivity contribution in [1.29, 1.82) is 0 Å². The summed E-state index contributed by atoms with van der Waals surface area (Å²) in [4.78, 5) is 6.82. The van der Waals surface area contributed by atoms with Crippen molar-refractivity contribution in [2.24, 2.45) is 10.9 Å². The largest absolute Gasteiger partial charge is 0.357 e. The molecule has 1 heterocycles. The van der Waals surface area contributed by atoms with Crippen molar-refractivity contribution >= 4 is 5.84 Å². The van der Waals surface area contributed by atoms with Crippen molar-refractivity contribution in [1.82, 2.24) is 15.3 Å². The predicted octanol–water partition coefficient (Wildman–Crippen LogP) is 3.76. The van der Waals surface area contributed by atoms with E-state index in [2.05, 4.69) is 28.5 Å². The van der Waals surface area contributed by atoms with Crippen molar-refractivity contribution in [3.63, 3.8) is 0 Å². The lowest BCUT2D eigenvalue weighted by molar-refractivity contribution is 0.224. The standard InChI is InChI=1S/C21H29FN4/c1-5-6-10-21(24-25(3)4)23-17(2)26-13-11-18(12-14-26)15-19-8-7-9-20(22)16-19/h5-10,16,18H,1-2,11-15H2,3-4H3,(H,23,24)/b10-6-. The zero-order valence-electron chi connectivity index (χ0n) is 15.8. The highest BCUT2D eigenvalue weighted by Crippen LogP contribution is 2.24. The molecule has 0 aromatic heterocycles. The van der Waals surface area contributed by atoms with Gasteiger partial charge in [0.25, 0.3) is 0 Å². The van der Waals surface area contributed by atoms with E-state index in [1.54, 1.807) is 18.2 Å². The quantitative estimate of drug-likeness (QED) is 0.349. The number of nitrogens with zero attached hydrogens (tertiary/aromatic N) is 3. The number of likely N-dealkylation sites (tertiary alicyclic amines) is 1. The molecular weight excluding hydrogens is 327 g/mol. The van der Waals surface area contributed by atoms with Gasteiger partial charge in [-0.2, -0.15) is 0 Å². The zero-order valence-corrected chi connectivity index (χ0v) is 15.8. The van der Waals surface area contributed by atoms with Gasteiger partial charge in [-0.25, -0.2) is 14.4 Å². The van der Waals surface area contributed by atoms with Gasteiger partial charge in [0.2, 0.25) is 0 Å². The number of piperidine rings is 1. The molecule has 1 aromatic carbocycles. The minimum atomic E-state index is -0.156. The Bertz CT molecular complexity index is 670. The van der Waals surface area contributed by atoms with Crippen LogP contribution in [0.2, 0.25) is 0 Å². The van der Waals surface area contributed by atoms with Crippen LogP contribution in [0.5, 0.6) is 0 Å². The first-order valence-electron chi connectivity index (χ1n) is 8.98. The monoisotopic (exact) mass is 356 g/mol. The summed E-state index contributed by atoms with van der Waals surface area (Å²) >= 11 is 0. The molecule has 1 aliphatic heterocycles. The van der Waals surface area contributed by atoms with Crippen molar-refractivity contribution in [2.75, 3.05) is 27.2 Å². The van der Waals surface area contributed by atoms with Crippen LogP contribution in [0.15, 0.2) is 66.5 Å². The number of hydrogen-bond acceptors (Lipinski definition) is 3. The number of benzene rings is 1. The lowest BCUT2D eigenvalue weighted by Crippen LogP contribution is -2.37. The Hall–Kier alpha value is -2.40. The maximum absolute atomic E-state index is 13.3. The van der Waals surface area contributed by atoms with Crippen molar-refractivity contribution < 1.29 is 4.39 Å². The van der Waals surface area contributed by atoms with Crippen LogP contribution in [-0.4, -0.2) is 42.9 Å². The van der Waals surface area contributed by atoms with Crippen molar-refractivity contribution in [2.45, 2.75) is 19.3 Å². The summed E-state index contributed by atoms with van der Waals surface area (Å²) in [5, 5.41) is 1.84. The summed E-state index contributed by atoms with van der Waals surface area (Å²) in [6.45, 7) is 9.65. The molecule has 26 heavy (non-hydrogen) atoms. The fraction of sp³-hybridized carbons (Fsp3) is 0.381. The molecule has 1 fully saturated rings. The SMILES string of the molecule is C=C/C=C\C(=N/C(=C)N1CCC(Cc2cccc(F)c2)CC1)NN(C)C. The van der Waals surface area contributed by atoms with Crippen LogP contribution in [-0.2, 0) is 6.42 Å². The van der Waals surface area contributed by atoms with Gasteiger partial charge in [-0.1, -0.05) is 37.4 Å². The van der Waals surface area contributed by atoms with Gasteiger partial charge in [-0.15, -0.1) is 0 Å². The number of allylic oxidation sites excluding steroid dienone is 2. The molecule has 2 rings (SSSR count). The summed E-state index contributed by atoms with van der Waals surface area (Å²) in [7, 11) is 3.83. The van der Waals surface area contributed by atoms with E-state index in [9.17, 15) is 4.39 Å². The van der Waals surface area contributed by atoms with Crippen LogP contribution in [0.3, 0.4) is 0 Å². The molecule has 5 heteroatoms. The summed E-state index contributed by atoms with van der Waals surface area (Å²) in [6.07, 6.45) is 8.47. The van der Waals surface area contributed by atoms with Crippen LogP contribution in [0.4, 0.5) is 4.39 Å². The van der Waals surface area contributed by atoms with Crippen LogP contribution < -0.4 is 5.43 Å². The van der Waals surface area contributed by atoms with Gasteiger partial charge in [0.1, 0.15) is 17.5 Å². The van der Waals surface area contributed by atoms with E-state index in [1.165, 1.54) is 6.07 Å². The second-order valence-electron chi connectivity index (χ2n) is 6.78. The molecule has 0 amide bonds. The van der Waals surface area contributed by atoms with Crippen LogP contribution in [0.1, 0.15) is 18.4 Å². The number of amidine groups is 1. The van der Waals surface area contributed by atoms with E-state index in [-0.39, 0.29) is 5.82 Å². The molecule has 1 saturated heterocycles. The molecule has 1 aliphatic rings. The predicted molar refractivity (Wildman–Crippen MR) is 107 cm³/mol. The number of halogens is 1. The Kier molecular flexibility index (Phi) is 7.60. The summed E-state index contributed by atoms with van der Waals surface area (Å²) in [5.74, 6) is 1.90. The Morgan fingerprint density at radius 3 is 2.73 bits per heavy atom. The Balaban J connectivity index is 1.91. The molecule has 1 aromatic rings. The fourth-order valence-electron chi connectivity index (χ4n) is 3.09. The molecule has 140 valence electrons. The van der Waals surface area contributed by atoms with Gasteiger partial charge in [0, 0.05) is 27.2 Å². The van der Waals surface area contributed by atoms with Crippen LogP contribution in [0, 0.1) is 11.7 Å². The fourth-order valence-corrected chi connectivity index (χ4v) is 3.09. The first kappa shape index (κ1) is 19.9. The Morgan fingerprint density at radius 2 is 2.12 bits per heavy atom. The molecule has 0 saturated carbocycles. The third-order valence-electron chi connectivity index (χ3n) is 4.37. The smallest absolute Gasteiger partial charge is 0.142 e. The van der Waals surface area contributed by atoms with E-state index in [0.29, 0.717) is 5.92 Å². The molecule has 0 aliphatic carbocycles. The second kappa shape index (κ2) is 9.92. The summed E-state index contributed by atoms with van der Waals surface area (Å²) in [5.41, 5.74) is 4.23. The number of aliphatic imine (C=N–C) groups is 1. The highest BCUT2D eigenvalue weighted by molar-refractivity contribution is 5.93. The Morgan fingerprint density at radius 1 is 1.38 bits per heavy atom. The molecule has 0 unspecified atom stereocenters. The third kappa shape index (κ3) is 6.48. The third-order valence-corrected chi connectivity index (χ3v) is 4.37. The van der Waals surface area contributed by atoms with Gasteiger partial charge in [-0.3, -0.25) is 0 Å². The first-order valence-corrected chi connectivity index (χ1v) is 8.98. The zero-order chi connectivity index (χ0) is 18.9. The van der Waals surface area contributed by atoms with E-state index < -0.39 is 0 Å².